The van der Waals surface area contributed by atoms with Gasteiger partial charge in [0.1, 0.15) is 0 Å². The lowest BCUT2D eigenvalue weighted by Crippen LogP contribution is -2.19. The summed E-state index contributed by atoms with van der Waals surface area (Å²) in [7, 11) is 1.94. The van der Waals surface area contributed by atoms with Gasteiger partial charge in [-0.25, -0.2) is 0 Å². The molecule has 0 aliphatic heterocycles. The van der Waals surface area contributed by atoms with Crippen LogP contribution in [0.1, 0.15) is 17.2 Å². The Morgan fingerprint density at radius 2 is 1.78 bits per heavy atom. The predicted molar refractivity (Wildman–Crippen MR) is 78.4 cm³/mol. The van der Waals surface area contributed by atoms with Gasteiger partial charge in [-0.2, -0.15) is 0 Å². The maximum atomic E-state index is 6.24. The van der Waals surface area contributed by atoms with Gasteiger partial charge in [0.05, 0.1) is 0 Å². The maximum Gasteiger partial charge on any atom is 0.0454 e. The summed E-state index contributed by atoms with van der Waals surface area (Å²) in [5, 5.41) is 4.75. The highest BCUT2D eigenvalue weighted by molar-refractivity contribution is 6.33. The van der Waals surface area contributed by atoms with Crippen LogP contribution in [0, 0.1) is 0 Å². The van der Waals surface area contributed by atoms with E-state index in [0.717, 1.165) is 17.0 Å². The summed E-state index contributed by atoms with van der Waals surface area (Å²) in [4.78, 5) is 0. The molecular formula is C15H15Cl2N. The van der Waals surface area contributed by atoms with Crippen LogP contribution in [-0.2, 0) is 6.42 Å². The molecule has 0 aromatic heterocycles. The molecule has 0 bridgehead atoms. The standard InChI is InChI=1S/C15H15Cl2N/c1-18-15(9-11-5-3-2-4-6-11)13-10-12(16)7-8-14(13)17/h2-8,10,15,18H,9H2,1H3. The SMILES string of the molecule is CNC(Cc1ccccc1)c1cc(Cl)ccc1Cl. The van der Waals surface area contributed by atoms with Crippen molar-refractivity contribution in [2.24, 2.45) is 0 Å². The summed E-state index contributed by atoms with van der Waals surface area (Å²) in [5.74, 6) is 0. The molecule has 1 atom stereocenters. The van der Waals surface area contributed by atoms with Crippen LogP contribution in [0.4, 0.5) is 0 Å². The van der Waals surface area contributed by atoms with Crippen LogP contribution in [0.3, 0.4) is 0 Å². The summed E-state index contributed by atoms with van der Waals surface area (Å²) in [6.45, 7) is 0. The molecule has 0 aliphatic rings. The van der Waals surface area contributed by atoms with Gasteiger partial charge in [0, 0.05) is 16.1 Å². The second-order valence-corrected chi connectivity index (χ2v) is 5.04. The highest BCUT2D eigenvalue weighted by Gasteiger charge is 2.13. The van der Waals surface area contributed by atoms with E-state index in [9.17, 15) is 0 Å². The molecular weight excluding hydrogens is 265 g/mol. The molecule has 2 aromatic carbocycles. The largest absolute Gasteiger partial charge is 0.313 e. The minimum atomic E-state index is 0.165. The van der Waals surface area contributed by atoms with E-state index in [1.807, 2.05) is 43.4 Å². The number of likely N-dealkylation sites (N-methyl/N-ethyl adjacent to an activating group) is 1. The molecule has 18 heavy (non-hydrogen) atoms. The first-order valence-electron chi connectivity index (χ1n) is 5.87. The number of hydrogen-bond acceptors (Lipinski definition) is 1. The Morgan fingerprint density at radius 1 is 1.06 bits per heavy atom. The summed E-state index contributed by atoms with van der Waals surface area (Å²) in [6, 6.07) is 16.1. The van der Waals surface area contributed by atoms with E-state index in [1.54, 1.807) is 0 Å². The van der Waals surface area contributed by atoms with Gasteiger partial charge in [-0.05, 0) is 42.8 Å². The van der Waals surface area contributed by atoms with Crippen molar-refractivity contribution in [3.8, 4) is 0 Å². The van der Waals surface area contributed by atoms with E-state index in [1.165, 1.54) is 5.56 Å². The third-order valence-corrected chi connectivity index (χ3v) is 3.54. The van der Waals surface area contributed by atoms with Crippen LogP contribution in [0.2, 0.25) is 10.0 Å². The van der Waals surface area contributed by atoms with Crippen LogP contribution < -0.4 is 5.32 Å². The lowest BCUT2D eigenvalue weighted by molar-refractivity contribution is 0.592. The second-order valence-electron chi connectivity index (χ2n) is 4.20. The summed E-state index contributed by atoms with van der Waals surface area (Å²) in [5.41, 5.74) is 2.31. The normalized spacial score (nSPS) is 12.4. The number of benzene rings is 2. The van der Waals surface area contributed by atoms with Gasteiger partial charge in [-0.3, -0.25) is 0 Å². The van der Waals surface area contributed by atoms with E-state index >= 15 is 0 Å². The average Bonchev–Trinajstić information content (AvgIpc) is 2.40. The molecule has 94 valence electrons. The van der Waals surface area contributed by atoms with Gasteiger partial charge in [-0.15, -0.1) is 0 Å². The molecule has 0 amide bonds. The number of nitrogens with one attached hydrogen (secondary N) is 1. The van der Waals surface area contributed by atoms with Crippen molar-refractivity contribution in [2.75, 3.05) is 7.05 Å². The summed E-state index contributed by atoms with van der Waals surface area (Å²) >= 11 is 12.3. The maximum absolute atomic E-state index is 6.24. The molecule has 3 heteroatoms. The zero-order valence-corrected chi connectivity index (χ0v) is 11.7. The Morgan fingerprint density at radius 3 is 2.44 bits per heavy atom. The molecule has 2 rings (SSSR count). The van der Waals surface area contributed by atoms with Crippen molar-refractivity contribution in [1.82, 2.24) is 5.32 Å². The molecule has 0 saturated heterocycles. The highest BCUT2D eigenvalue weighted by Crippen LogP contribution is 2.28. The molecule has 0 radical (unpaired) electrons. The first-order valence-corrected chi connectivity index (χ1v) is 6.62. The first-order chi connectivity index (χ1) is 8.70. The fourth-order valence-corrected chi connectivity index (χ4v) is 2.43. The molecule has 0 heterocycles. The Labute approximate surface area is 118 Å². The van der Waals surface area contributed by atoms with Crippen molar-refractivity contribution in [1.29, 1.82) is 0 Å². The van der Waals surface area contributed by atoms with Crippen LogP contribution in [0.15, 0.2) is 48.5 Å². The van der Waals surface area contributed by atoms with Crippen molar-refractivity contribution in [3.63, 3.8) is 0 Å². The quantitative estimate of drug-likeness (QED) is 0.869. The van der Waals surface area contributed by atoms with E-state index in [4.69, 9.17) is 23.2 Å². The third-order valence-electron chi connectivity index (χ3n) is 2.96. The Balaban J connectivity index is 2.26. The van der Waals surface area contributed by atoms with Crippen molar-refractivity contribution in [2.45, 2.75) is 12.5 Å². The molecule has 1 nitrogen and oxygen atoms in total. The van der Waals surface area contributed by atoms with Crippen molar-refractivity contribution >= 4 is 23.2 Å². The smallest absolute Gasteiger partial charge is 0.0454 e. The zero-order valence-electron chi connectivity index (χ0n) is 10.2. The first kappa shape index (κ1) is 13.4. The number of hydrogen-bond donors (Lipinski definition) is 1. The predicted octanol–water partition coefficient (Wildman–Crippen LogP) is 4.50. The molecule has 1 N–H and O–H groups in total. The van der Waals surface area contributed by atoms with E-state index in [2.05, 4.69) is 17.4 Å². The molecule has 2 aromatic rings. The summed E-state index contributed by atoms with van der Waals surface area (Å²) in [6.07, 6.45) is 0.886. The van der Waals surface area contributed by atoms with Gasteiger partial charge < -0.3 is 5.32 Å². The summed E-state index contributed by atoms with van der Waals surface area (Å²) < 4.78 is 0. The monoisotopic (exact) mass is 279 g/mol. The molecule has 0 fully saturated rings. The molecule has 0 saturated carbocycles. The Hall–Kier alpha value is -1.02. The second kappa shape index (κ2) is 6.24. The Bertz CT molecular complexity index is 511. The van der Waals surface area contributed by atoms with Gasteiger partial charge in [0.15, 0.2) is 0 Å². The van der Waals surface area contributed by atoms with Crippen LogP contribution in [0.5, 0.6) is 0 Å². The van der Waals surface area contributed by atoms with E-state index in [0.29, 0.717) is 5.02 Å². The number of halogens is 2. The van der Waals surface area contributed by atoms with E-state index in [-0.39, 0.29) is 6.04 Å². The third kappa shape index (κ3) is 3.26. The lowest BCUT2D eigenvalue weighted by Gasteiger charge is -2.18. The fraction of sp³-hybridized carbons (Fsp3) is 0.200. The number of rotatable bonds is 4. The van der Waals surface area contributed by atoms with Gasteiger partial charge in [0.2, 0.25) is 0 Å². The highest BCUT2D eigenvalue weighted by atomic mass is 35.5. The molecule has 0 spiro atoms. The van der Waals surface area contributed by atoms with Crippen LogP contribution in [0.25, 0.3) is 0 Å². The van der Waals surface area contributed by atoms with Crippen LogP contribution in [-0.4, -0.2) is 7.05 Å². The fourth-order valence-electron chi connectivity index (χ4n) is 2.00. The minimum absolute atomic E-state index is 0.165. The topological polar surface area (TPSA) is 12.0 Å². The van der Waals surface area contributed by atoms with Gasteiger partial charge in [0.25, 0.3) is 0 Å². The van der Waals surface area contributed by atoms with Crippen LogP contribution >= 0.6 is 23.2 Å². The molecule has 0 aliphatic carbocycles. The van der Waals surface area contributed by atoms with Crippen molar-refractivity contribution < 1.29 is 0 Å². The molecule has 1 unspecified atom stereocenters. The van der Waals surface area contributed by atoms with Gasteiger partial charge in [-0.1, -0.05) is 53.5 Å². The van der Waals surface area contributed by atoms with E-state index < -0.39 is 0 Å². The Kier molecular flexibility index (Phi) is 4.65. The lowest BCUT2D eigenvalue weighted by atomic mass is 9.99. The van der Waals surface area contributed by atoms with Crippen molar-refractivity contribution in [3.05, 3.63) is 69.7 Å². The zero-order chi connectivity index (χ0) is 13.0. The van der Waals surface area contributed by atoms with Gasteiger partial charge >= 0.3 is 0 Å². The minimum Gasteiger partial charge on any atom is -0.313 e. The average molecular weight is 280 g/mol.